The molecule has 4 rings (SSSR count). The van der Waals surface area contributed by atoms with Gasteiger partial charge in [-0.3, -0.25) is 14.6 Å². The standard InChI is InChI=1S/C23H23N7O6/c24-18(31)16-13-3-2-12(8-15(13)29-17(16)19(32)27-5-6-28-22(25)26)23(21(35)36)9-11-7-10(20(33)34)1-4-14(11)30-23/h1-4,7-8,29-30H,5-6,9H2,(H2,24,31)(H,27,32)(H,33,34)(H,35,36)(H4,25,26,28). The molecule has 2 aromatic carbocycles. The first-order valence-corrected chi connectivity index (χ1v) is 10.7. The number of H-pyrrole nitrogens is 1. The van der Waals surface area contributed by atoms with Gasteiger partial charge in [-0.1, -0.05) is 12.1 Å². The van der Waals surface area contributed by atoms with E-state index >= 15 is 0 Å². The Morgan fingerprint density at radius 3 is 2.44 bits per heavy atom. The number of carboxylic acids is 2. The fourth-order valence-corrected chi connectivity index (χ4v) is 4.31. The van der Waals surface area contributed by atoms with Crippen LogP contribution in [-0.4, -0.2) is 58.0 Å². The van der Waals surface area contributed by atoms with Crippen molar-refractivity contribution in [1.29, 1.82) is 0 Å². The molecule has 0 spiro atoms. The number of nitrogens with zero attached hydrogens (tertiary/aromatic N) is 1. The van der Waals surface area contributed by atoms with Gasteiger partial charge in [0.05, 0.1) is 17.7 Å². The van der Waals surface area contributed by atoms with E-state index in [1.807, 2.05) is 0 Å². The first kappa shape index (κ1) is 24.1. The number of nitrogens with two attached hydrogens (primary N) is 3. The summed E-state index contributed by atoms with van der Waals surface area (Å²) in [6.07, 6.45) is -0.0220. The average Bonchev–Trinajstić information content (AvgIpc) is 3.40. The van der Waals surface area contributed by atoms with Crippen molar-refractivity contribution in [2.45, 2.75) is 12.0 Å². The molecular formula is C23H23N7O6. The van der Waals surface area contributed by atoms with Crippen molar-refractivity contribution in [1.82, 2.24) is 10.3 Å². The number of rotatable bonds is 8. The third kappa shape index (κ3) is 4.13. The van der Waals surface area contributed by atoms with Crippen LogP contribution in [0.25, 0.3) is 10.9 Å². The molecule has 1 aromatic heterocycles. The first-order chi connectivity index (χ1) is 17.0. The van der Waals surface area contributed by atoms with Crippen LogP contribution in [0.2, 0.25) is 0 Å². The second kappa shape index (κ2) is 8.94. The van der Waals surface area contributed by atoms with E-state index in [1.165, 1.54) is 36.4 Å². The number of amides is 2. The maximum Gasteiger partial charge on any atom is 0.335 e. The molecule has 0 aliphatic carbocycles. The largest absolute Gasteiger partial charge is 0.479 e. The minimum absolute atomic E-state index is 0.0220. The molecule has 0 radical (unpaired) electrons. The first-order valence-electron chi connectivity index (χ1n) is 10.7. The molecule has 1 unspecified atom stereocenters. The second-order valence-electron chi connectivity index (χ2n) is 8.25. The lowest BCUT2D eigenvalue weighted by molar-refractivity contribution is -0.142. The van der Waals surface area contributed by atoms with E-state index in [0.29, 0.717) is 27.7 Å². The Morgan fingerprint density at radius 2 is 1.81 bits per heavy atom. The molecular weight excluding hydrogens is 470 g/mol. The number of anilines is 1. The predicted octanol–water partition coefficient (Wildman–Crippen LogP) is -0.0837. The van der Waals surface area contributed by atoms with E-state index in [-0.39, 0.29) is 42.3 Å². The Morgan fingerprint density at radius 1 is 1.06 bits per heavy atom. The lowest BCUT2D eigenvalue weighted by Crippen LogP contribution is -2.41. The normalized spacial score (nSPS) is 16.1. The van der Waals surface area contributed by atoms with Gasteiger partial charge >= 0.3 is 11.9 Å². The number of hydrogen-bond acceptors (Lipinski definition) is 6. The minimum atomic E-state index is -1.60. The molecule has 1 atom stereocenters. The summed E-state index contributed by atoms with van der Waals surface area (Å²) in [5.41, 5.74) is 16.0. The van der Waals surface area contributed by atoms with Gasteiger partial charge in [0.25, 0.3) is 11.8 Å². The van der Waals surface area contributed by atoms with Crippen LogP contribution in [0.1, 0.15) is 42.3 Å². The molecule has 3 aromatic rings. The van der Waals surface area contributed by atoms with E-state index in [2.05, 4.69) is 20.6 Å². The molecule has 2 heterocycles. The molecule has 2 amide bonds. The topological polar surface area (TPSA) is 239 Å². The summed E-state index contributed by atoms with van der Waals surface area (Å²) in [5.74, 6) is -3.90. The summed E-state index contributed by atoms with van der Waals surface area (Å²) in [4.78, 5) is 55.3. The summed E-state index contributed by atoms with van der Waals surface area (Å²) in [6, 6.07) is 8.88. The van der Waals surface area contributed by atoms with Crippen LogP contribution < -0.4 is 27.8 Å². The van der Waals surface area contributed by atoms with Crippen LogP contribution >= 0.6 is 0 Å². The monoisotopic (exact) mass is 493 g/mol. The highest BCUT2D eigenvalue weighted by Gasteiger charge is 2.46. The Balaban J connectivity index is 1.73. The highest BCUT2D eigenvalue weighted by Crippen LogP contribution is 2.41. The maximum absolute atomic E-state index is 12.7. The Bertz CT molecular complexity index is 1460. The maximum atomic E-state index is 12.7. The van der Waals surface area contributed by atoms with Crippen molar-refractivity contribution in [2.75, 3.05) is 18.4 Å². The lowest BCUT2D eigenvalue weighted by atomic mass is 9.86. The van der Waals surface area contributed by atoms with Gasteiger partial charge in [0, 0.05) is 29.6 Å². The number of aliphatic imine (C=N–C) groups is 1. The molecule has 0 saturated carbocycles. The van der Waals surface area contributed by atoms with Gasteiger partial charge < -0.3 is 43.0 Å². The van der Waals surface area contributed by atoms with Gasteiger partial charge in [0.2, 0.25) is 0 Å². The lowest BCUT2D eigenvalue weighted by Gasteiger charge is -2.26. The van der Waals surface area contributed by atoms with Crippen molar-refractivity contribution in [3.8, 4) is 0 Å². The Hall–Kier alpha value is -5.07. The summed E-state index contributed by atoms with van der Waals surface area (Å²) in [5, 5.41) is 25.4. The Labute approximate surface area is 203 Å². The minimum Gasteiger partial charge on any atom is -0.479 e. The van der Waals surface area contributed by atoms with E-state index < -0.39 is 29.3 Å². The van der Waals surface area contributed by atoms with E-state index in [0.717, 1.165) is 0 Å². The number of primary amides is 1. The fourth-order valence-electron chi connectivity index (χ4n) is 4.31. The number of carboxylic acid groups (broad SMARTS) is 2. The number of aliphatic carboxylic acids is 1. The summed E-state index contributed by atoms with van der Waals surface area (Å²) >= 11 is 0. The Kier molecular flexibility index (Phi) is 5.98. The van der Waals surface area contributed by atoms with Crippen LogP contribution in [0, 0.1) is 0 Å². The molecule has 0 saturated heterocycles. The number of guanidine groups is 1. The molecule has 186 valence electrons. The van der Waals surface area contributed by atoms with Crippen LogP contribution in [0.15, 0.2) is 41.4 Å². The molecule has 1 aliphatic heterocycles. The highest BCUT2D eigenvalue weighted by atomic mass is 16.4. The van der Waals surface area contributed by atoms with Gasteiger partial charge in [-0.15, -0.1) is 0 Å². The van der Waals surface area contributed by atoms with Crippen molar-refractivity contribution in [2.24, 2.45) is 22.2 Å². The van der Waals surface area contributed by atoms with Crippen LogP contribution in [-0.2, 0) is 16.8 Å². The number of hydrogen-bond donors (Lipinski definition) is 8. The zero-order valence-electron chi connectivity index (χ0n) is 18.8. The number of aromatic carboxylic acids is 1. The van der Waals surface area contributed by atoms with Gasteiger partial charge in [-0.05, 0) is 35.4 Å². The molecule has 1 aliphatic rings. The molecule has 13 heteroatoms. The number of benzene rings is 2. The zero-order chi connectivity index (χ0) is 26.2. The van der Waals surface area contributed by atoms with Crippen molar-refractivity contribution in [3.63, 3.8) is 0 Å². The van der Waals surface area contributed by atoms with Gasteiger partial charge in [0.15, 0.2) is 11.5 Å². The SMILES string of the molecule is NC(=O)c1c(C(=O)NCCN=C(N)N)[nH]c2cc(C3(C(=O)O)Cc4cc(C(=O)O)ccc4N3)ccc12. The molecule has 11 N–H and O–H groups in total. The van der Waals surface area contributed by atoms with Crippen LogP contribution in [0.4, 0.5) is 5.69 Å². The van der Waals surface area contributed by atoms with Gasteiger partial charge in [-0.25, -0.2) is 9.59 Å². The number of carbonyl (C=O) groups is 4. The van der Waals surface area contributed by atoms with Gasteiger partial charge in [-0.2, -0.15) is 0 Å². The fraction of sp³-hybridized carbons (Fsp3) is 0.174. The average molecular weight is 493 g/mol. The second-order valence-corrected chi connectivity index (χ2v) is 8.25. The highest BCUT2D eigenvalue weighted by molar-refractivity contribution is 6.15. The van der Waals surface area contributed by atoms with Crippen molar-refractivity contribution in [3.05, 3.63) is 64.3 Å². The summed E-state index contributed by atoms with van der Waals surface area (Å²) < 4.78 is 0. The van der Waals surface area contributed by atoms with E-state index in [4.69, 9.17) is 17.2 Å². The van der Waals surface area contributed by atoms with E-state index in [1.54, 1.807) is 0 Å². The third-order valence-corrected chi connectivity index (χ3v) is 5.98. The van der Waals surface area contributed by atoms with Crippen molar-refractivity contribution < 1.29 is 29.4 Å². The van der Waals surface area contributed by atoms with E-state index in [9.17, 15) is 29.4 Å². The third-order valence-electron chi connectivity index (χ3n) is 5.98. The number of aromatic nitrogens is 1. The molecule has 13 nitrogen and oxygen atoms in total. The zero-order valence-corrected chi connectivity index (χ0v) is 18.8. The number of carbonyl (C=O) groups excluding carboxylic acids is 2. The molecule has 0 bridgehead atoms. The van der Waals surface area contributed by atoms with Gasteiger partial charge in [0.1, 0.15) is 5.69 Å². The number of fused-ring (bicyclic) bond motifs is 2. The molecule has 36 heavy (non-hydrogen) atoms. The predicted molar refractivity (Wildman–Crippen MR) is 130 cm³/mol. The summed E-state index contributed by atoms with van der Waals surface area (Å²) in [7, 11) is 0. The quantitative estimate of drug-likeness (QED) is 0.119. The van der Waals surface area contributed by atoms with Crippen molar-refractivity contribution >= 4 is 46.3 Å². The van der Waals surface area contributed by atoms with Crippen LogP contribution in [0.3, 0.4) is 0 Å². The van der Waals surface area contributed by atoms with Crippen LogP contribution in [0.5, 0.6) is 0 Å². The smallest absolute Gasteiger partial charge is 0.335 e. The summed E-state index contributed by atoms with van der Waals surface area (Å²) in [6.45, 7) is 0.222. The molecule has 0 fully saturated rings. The number of aromatic amines is 1. The number of nitrogens with one attached hydrogen (secondary N) is 3.